The highest BCUT2D eigenvalue weighted by molar-refractivity contribution is 7.47. The molecule has 54 heavy (non-hydrogen) atoms. The van der Waals surface area contributed by atoms with Gasteiger partial charge in [-0.05, 0) is 11.1 Å². The average Bonchev–Trinajstić information content (AvgIpc) is 3.82. The summed E-state index contributed by atoms with van der Waals surface area (Å²) in [4.78, 5) is 54.4. The van der Waals surface area contributed by atoms with Crippen LogP contribution in [-0.4, -0.2) is 99.0 Å². The number of nitrogens with one attached hydrogen (secondary N) is 1. The zero-order valence-corrected chi connectivity index (χ0v) is 29.1. The van der Waals surface area contributed by atoms with E-state index in [-0.39, 0.29) is 36.3 Å². The predicted octanol–water partition coefficient (Wildman–Crippen LogP) is -0.243. The maximum absolute atomic E-state index is 13.6. The monoisotopic (exact) mass is 769 g/mol. The van der Waals surface area contributed by atoms with Gasteiger partial charge in [0.1, 0.15) is 43.0 Å². The van der Waals surface area contributed by atoms with E-state index in [1.54, 1.807) is 48.5 Å². The van der Waals surface area contributed by atoms with Crippen LogP contribution >= 0.6 is 7.82 Å². The Kier molecular flexibility index (Phi) is 10.9. The third-order valence-electron chi connectivity index (χ3n) is 8.75. The maximum atomic E-state index is 13.6. The van der Waals surface area contributed by atoms with Crippen molar-refractivity contribution in [1.82, 2.24) is 34.1 Å². The van der Waals surface area contributed by atoms with Crippen molar-refractivity contribution in [3.05, 3.63) is 105 Å². The molecule has 3 aromatic heterocycles. The molecule has 0 spiro atoms. The fourth-order valence-electron chi connectivity index (χ4n) is 6.19. The van der Waals surface area contributed by atoms with Crippen molar-refractivity contribution in [1.29, 1.82) is 0 Å². The maximum Gasteiger partial charge on any atom is 0.472 e. The van der Waals surface area contributed by atoms with Crippen molar-refractivity contribution in [2.75, 3.05) is 24.7 Å². The van der Waals surface area contributed by atoms with Gasteiger partial charge >= 0.3 is 13.5 Å². The molecule has 5 aromatic rings. The second-order valence-corrected chi connectivity index (χ2v) is 13.7. The highest BCUT2D eigenvalue weighted by Crippen LogP contribution is 2.50. The van der Waals surface area contributed by atoms with Gasteiger partial charge in [-0.25, -0.2) is 19.3 Å². The number of hydrogen-bond donors (Lipinski definition) is 6. The number of hydrogen-bond acceptors (Lipinski definition) is 17. The molecular weight excluding hydrogens is 733 g/mol. The highest BCUT2D eigenvalue weighted by Gasteiger charge is 2.52. The number of anilines is 2. The summed E-state index contributed by atoms with van der Waals surface area (Å²) in [7, 11) is -5.09. The Bertz CT molecular complexity index is 2230. The molecule has 2 aromatic carbocycles. The van der Waals surface area contributed by atoms with E-state index in [0.717, 1.165) is 22.0 Å². The van der Waals surface area contributed by atoms with E-state index in [9.17, 15) is 29.3 Å². The topological polar surface area (TPSA) is 297 Å². The first-order chi connectivity index (χ1) is 26.0. The lowest BCUT2D eigenvalue weighted by Gasteiger charge is -2.26. The number of benzene rings is 2. The fraction of sp³-hybridized carbons (Fsp3) is 0.375. The highest BCUT2D eigenvalue weighted by atomic mass is 31.2. The van der Waals surface area contributed by atoms with Gasteiger partial charge in [0.2, 0.25) is 11.9 Å². The number of aliphatic hydroxyl groups excluding tert-OH is 2. The summed E-state index contributed by atoms with van der Waals surface area (Å²) in [5.41, 5.74) is 11.3. The summed E-state index contributed by atoms with van der Waals surface area (Å²) in [5.74, 6) is -0.482. The summed E-state index contributed by atoms with van der Waals surface area (Å²) in [6.45, 7) is -1.43. The second kappa shape index (κ2) is 15.8. The summed E-state index contributed by atoms with van der Waals surface area (Å²) in [6, 6.07) is 18.0. The molecule has 21 nitrogen and oxygen atoms in total. The van der Waals surface area contributed by atoms with Crippen LogP contribution in [0.5, 0.6) is 0 Å². The molecule has 0 radical (unpaired) electrons. The number of nitrogens with zero attached hydrogens (tertiary/aromatic N) is 6. The van der Waals surface area contributed by atoms with Crippen LogP contribution in [0.2, 0.25) is 0 Å². The molecule has 286 valence electrons. The Hall–Kier alpha value is -4.93. The van der Waals surface area contributed by atoms with Crippen LogP contribution in [0.25, 0.3) is 11.2 Å². The smallest absolute Gasteiger partial charge is 0.394 e. The summed E-state index contributed by atoms with van der Waals surface area (Å²) in [6.07, 6.45) is -8.11. The SMILES string of the molecule is Nc1ncn([C@@H]2O[C@H](COP(=O)(O)O[C@@H]3[C@H](OCc4ccccc4)[C@H](n4cnc5c(=O)[nH]c(N)nc54)O[C@@H]3CO)[C@H](O)C2OCc2ccccc2)c(=O)n1. The number of fused-ring (bicyclic) bond motifs is 1. The van der Waals surface area contributed by atoms with Crippen LogP contribution in [-0.2, 0) is 45.8 Å². The molecule has 0 bridgehead atoms. The van der Waals surface area contributed by atoms with Crippen molar-refractivity contribution in [3.8, 4) is 0 Å². The molecule has 2 saturated heterocycles. The van der Waals surface area contributed by atoms with E-state index in [4.69, 9.17) is 39.5 Å². The molecule has 9 atom stereocenters. The van der Waals surface area contributed by atoms with Gasteiger partial charge < -0.3 is 45.5 Å². The zero-order valence-electron chi connectivity index (χ0n) is 28.2. The van der Waals surface area contributed by atoms with Gasteiger partial charge in [-0.1, -0.05) is 60.7 Å². The molecule has 0 aliphatic carbocycles. The van der Waals surface area contributed by atoms with E-state index >= 15 is 0 Å². The van der Waals surface area contributed by atoms with Crippen molar-refractivity contribution in [2.45, 2.75) is 62.3 Å². The first-order valence-corrected chi connectivity index (χ1v) is 18.0. The van der Waals surface area contributed by atoms with Crippen molar-refractivity contribution >= 4 is 30.9 Å². The Morgan fingerprint density at radius 3 is 2.09 bits per heavy atom. The number of H-pyrrole nitrogens is 1. The molecule has 7 rings (SSSR count). The third-order valence-corrected chi connectivity index (χ3v) is 9.74. The normalized spacial score (nSPS) is 26.6. The summed E-state index contributed by atoms with van der Waals surface area (Å²) in [5, 5.41) is 21.6. The number of imidazole rings is 1. The molecule has 0 saturated carbocycles. The van der Waals surface area contributed by atoms with E-state index in [1.165, 1.54) is 10.9 Å². The molecule has 2 aliphatic rings. The first kappa shape index (κ1) is 37.4. The number of phosphoric acid groups is 1. The van der Waals surface area contributed by atoms with Crippen LogP contribution in [0.15, 0.2) is 82.9 Å². The van der Waals surface area contributed by atoms with Gasteiger partial charge in [-0.2, -0.15) is 9.97 Å². The predicted molar refractivity (Wildman–Crippen MR) is 185 cm³/mol. The van der Waals surface area contributed by atoms with Crippen LogP contribution < -0.4 is 22.7 Å². The first-order valence-electron chi connectivity index (χ1n) is 16.5. The standard InChI is InChI=1S/C32H36N9O12P/c33-30-36-16-41(32(45)39-30)28-24(48-12-17-7-3-1-4-8-17)22(43)20(52-28)14-50-54(46,47)53-23-19(11-42)51-29(25(23)49-13-18-9-5-2-6-10-18)40-15-35-21-26(40)37-31(34)38-27(21)44/h1-10,15-16,19-20,22-25,28-29,42-43H,11-14H2,(H,46,47)(H2,33,39,45)(H3,34,37,38,44)/t19-,20-,22+,23+,24?,25+,28-,29-/m1/s1. The van der Waals surface area contributed by atoms with Gasteiger partial charge in [0, 0.05) is 0 Å². The average molecular weight is 770 g/mol. The Morgan fingerprint density at radius 1 is 0.833 bits per heavy atom. The number of rotatable bonds is 14. The number of phosphoric ester groups is 1. The van der Waals surface area contributed by atoms with Crippen LogP contribution in [0.4, 0.5) is 11.9 Å². The van der Waals surface area contributed by atoms with Gasteiger partial charge in [-0.3, -0.25) is 28.0 Å². The van der Waals surface area contributed by atoms with E-state index in [2.05, 4.69) is 24.9 Å². The molecule has 22 heteroatoms. The van der Waals surface area contributed by atoms with Crippen molar-refractivity contribution < 1.29 is 47.7 Å². The van der Waals surface area contributed by atoms with Crippen LogP contribution in [0.1, 0.15) is 23.6 Å². The van der Waals surface area contributed by atoms with Crippen molar-refractivity contribution in [3.63, 3.8) is 0 Å². The summed E-state index contributed by atoms with van der Waals surface area (Å²) < 4.78 is 51.1. The van der Waals surface area contributed by atoms with Gasteiger partial charge in [0.15, 0.2) is 23.6 Å². The number of nitrogen functional groups attached to an aromatic ring is 2. The molecule has 2 unspecified atom stereocenters. The largest absolute Gasteiger partial charge is 0.472 e. The molecule has 8 N–H and O–H groups in total. The van der Waals surface area contributed by atoms with Gasteiger partial charge in [0.25, 0.3) is 5.56 Å². The third kappa shape index (κ3) is 7.95. The molecule has 5 heterocycles. The number of ether oxygens (including phenoxy) is 4. The summed E-state index contributed by atoms with van der Waals surface area (Å²) >= 11 is 0. The van der Waals surface area contributed by atoms with Crippen molar-refractivity contribution in [2.24, 2.45) is 0 Å². The number of nitrogens with two attached hydrogens (primary N) is 2. The lowest BCUT2D eigenvalue weighted by Crippen LogP contribution is -2.39. The Morgan fingerprint density at radius 2 is 1.44 bits per heavy atom. The molecule has 2 aliphatic heterocycles. The minimum atomic E-state index is -5.09. The van der Waals surface area contributed by atoms with Gasteiger partial charge in [0.05, 0.1) is 32.8 Å². The van der Waals surface area contributed by atoms with Crippen LogP contribution in [0, 0.1) is 0 Å². The Balaban J connectivity index is 1.11. The van der Waals surface area contributed by atoms with E-state index < -0.39 is 81.4 Å². The molecule has 0 amide bonds. The van der Waals surface area contributed by atoms with Crippen LogP contribution in [0.3, 0.4) is 0 Å². The van der Waals surface area contributed by atoms with Gasteiger partial charge in [-0.15, -0.1) is 0 Å². The number of aromatic amines is 1. The number of aliphatic hydroxyl groups is 2. The Labute approximate surface area is 304 Å². The minimum absolute atomic E-state index is 0.0145. The van der Waals surface area contributed by atoms with E-state index in [0.29, 0.717) is 0 Å². The lowest BCUT2D eigenvalue weighted by molar-refractivity contribution is -0.0821. The quantitative estimate of drug-likeness (QED) is 0.0794. The van der Waals surface area contributed by atoms with E-state index in [1.807, 2.05) is 12.1 Å². The fourth-order valence-corrected chi connectivity index (χ4v) is 7.15. The number of aromatic nitrogens is 7. The lowest BCUT2D eigenvalue weighted by atomic mass is 10.1. The minimum Gasteiger partial charge on any atom is -0.394 e. The molecular formula is C32H36N9O12P. The molecule has 2 fully saturated rings. The zero-order chi connectivity index (χ0) is 38.0. The second-order valence-electron chi connectivity index (χ2n) is 12.3.